The molecule has 0 rings (SSSR count). The van der Waals surface area contributed by atoms with Gasteiger partial charge in [-0.2, -0.15) is 0 Å². The van der Waals surface area contributed by atoms with Gasteiger partial charge in [0.1, 0.15) is 6.61 Å². The highest BCUT2D eigenvalue weighted by Gasteiger charge is 2.12. The second-order valence-corrected chi connectivity index (χ2v) is 2.88. The summed E-state index contributed by atoms with van der Waals surface area (Å²) in [4.78, 5) is 0. The van der Waals surface area contributed by atoms with Crippen molar-refractivity contribution in [1.29, 1.82) is 0 Å². The molecule has 9 heavy (non-hydrogen) atoms. The Hall–Kier alpha value is -0.0300. The predicted molar refractivity (Wildman–Crippen MR) is 27.9 cm³/mol. The van der Waals surface area contributed by atoms with E-state index >= 15 is 0 Å². The van der Waals surface area contributed by atoms with Crippen LogP contribution in [-0.2, 0) is 9.09 Å². The number of rotatable bonds is 3. The lowest BCUT2D eigenvalue weighted by atomic mass is 10.8. The van der Waals surface area contributed by atoms with Gasteiger partial charge in [-0.15, -0.1) is 0 Å². The smallest absolute Gasteiger partial charge is 0.300 e. The van der Waals surface area contributed by atoms with Crippen LogP contribution in [0.4, 0.5) is 8.78 Å². The molecule has 0 saturated heterocycles. The van der Waals surface area contributed by atoms with E-state index in [0.29, 0.717) is 0 Å². The van der Waals surface area contributed by atoms with Crippen molar-refractivity contribution in [2.75, 3.05) is 6.61 Å². The molecule has 0 unspecified atom stereocenters. The molecule has 4 N–H and O–H groups in total. The minimum absolute atomic E-state index is 0.982. The number of nitrogens with two attached hydrogens (primary N) is 2. The van der Waals surface area contributed by atoms with E-state index < -0.39 is 20.7 Å². The molecule has 0 amide bonds. The number of halogens is 2. The second-order valence-electron chi connectivity index (χ2n) is 1.33. The second kappa shape index (κ2) is 3.22. The molecule has 0 spiro atoms. The van der Waals surface area contributed by atoms with Crippen LogP contribution in [0.2, 0.25) is 0 Å². The third kappa shape index (κ3) is 7.97. The van der Waals surface area contributed by atoms with Gasteiger partial charge in [0.15, 0.2) is 0 Å². The topological polar surface area (TPSA) is 78.3 Å². The van der Waals surface area contributed by atoms with Gasteiger partial charge in [0.2, 0.25) is 0 Å². The average molecular weight is 160 g/mol. The number of alkyl halides is 2. The molecule has 0 radical (unpaired) electrons. The molecule has 4 nitrogen and oxygen atoms in total. The maximum absolute atomic E-state index is 11.2. The van der Waals surface area contributed by atoms with E-state index in [1.165, 1.54) is 0 Å². The summed E-state index contributed by atoms with van der Waals surface area (Å²) in [5, 5.41) is 0. The first-order valence-electron chi connectivity index (χ1n) is 2.01. The van der Waals surface area contributed by atoms with E-state index in [-0.39, 0.29) is 0 Å². The van der Waals surface area contributed by atoms with Crippen LogP contribution >= 0.6 is 7.67 Å². The Morgan fingerprint density at radius 3 is 2.11 bits per heavy atom. The summed E-state index contributed by atoms with van der Waals surface area (Å²) >= 11 is 0. The van der Waals surface area contributed by atoms with E-state index in [0.717, 1.165) is 0 Å². The average Bonchev–Trinajstić information content (AvgIpc) is 1.59. The summed E-state index contributed by atoms with van der Waals surface area (Å²) in [5.41, 5.74) is 9.12. The lowest BCUT2D eigenvalue weighted by Crippen LogP contribution is -2.12. The molecule has 0 aromatic heterocycles. The molecule has 0 fully saturated rings. The minimum atomic E-state index is -3.70. The first kappa shape index (κ1) is 8.97. The van der Waals surface area contributed by atoms with Crippen LogP contribution in [0.25, 0.3) is 0 Å². The Kier molecular flexibility index (Phi) is 3.21. The minimum Gasteiger partial charge on any atom is -0.300 e. The number of hydrogen-bond donors (Lipinski definition) is 2. The fraction of sp³-hybridized carbons (Fsp3) is 1.00. The first-order chi connectivity index (χ1) is 3.92. The van der Waals surface area contributed by atoms with E-state index in [1.54, 1.807) is 0 Å². The molecular formula is C2H7F2N2O2P. The van der Waals surface area contributed by atoms with Gasteiger partial charge in [-0.3, -0.25) is 4.57 Å². The molecule has 0 aliphatic heterocycles. The zero-order chi connectivity index (χ0) is 7.49. The van der Waals surface area contributed by atoms with Crippen molar-refractivity contribution < 1.29 is 17.9 Å². The van der Waals surface area contributed by atoms with Crippen LogP contribution in [0.5, 0.6) is 0 Å². The molecule has 0 aromatic rings. The highest BCUT2D eigenvalue weighted by molar-refractivity contribution is 7.53. The first-order valence-corrected chi connectivity index (χ1v) is 3.78. The van der Waals surface area contributed by atoms with Crippen LogP contribution in [0.15, 0.2) is 0 Å². The quantitative estimate of drug-likeness (QED) is 0.581. The molecule has 0 heterocycles. The Labute approximate surface area is 50.7 Å². The third-order valence-electron chi connectivity index (χ3n) is 0.402. The summed E-state index contributed by atoms with van der Waals surface area (Å²) in [6, 6.07) is 0. The molecule has 0 aromatic carbocycles. The Morgan fingerprint density at radius 1 is 1.56 bits per heavy atom. The van der Waals surface area contributed by atoms with Crippen LogP contribution in [0.1, 0.15) is 0 Å². The molecular weight excluding hydrogens is 153 g/mol. The SMILES string of the molecule is NP(N)(=O)OCC(F)F. The van der Waals surface area contributed by atoms with E-state index in [2.05, 4.69) is 15.5 Å². The fourth-order valence-corrected chi connectivity index (χ4v) is 0.519. The maximum atomic E-state index is 11.2. The van der Waals surface area contributed by atoms with Crippen LogP contribution in [-0.4, -0.2) is 13.0 Å². The summed E-state index contributed by atoms with van der Waals surface area (Å²) in [5.74, 6) is 0. The molecule has 7 heteroatoms. The van der Waals surface area contributed by atoms with Crippen molar-refractivity contribution >= 4 is 7.67 Å². The van der Waals surface area contributed by atoms with Crippen LogP contribution in [0.3, 0.4) is 0 Å². The van der Waals surface area contributed by atoms with Crippen molar-refractivity contribution in [3.63, 3.8) is 0 Å². The molecule has 0 aliphatic carbocycles. The van der Waals surface area contributed by atoms with Gasteiger partial charge in [0.25, 0.3) is 6.43 Å². The molecule has 0 atom stereocenters. The Morgan fingerprint density at radius 2 is 2.00 bits per heavy atom. The van der Waals surface area contributed by atoms with Crippen molar-refractivity contribution in [3.8, 4) is 0 Å². The van der Waals surface area contributed by atoms with Crippen LogP contribution in [0, 0.1) is 0 Å². The van der Waals surface area contributed by atoms with Gasteiger partial charge in [-0.1, -0.05) is 0 Å². The normalized spacial score (nSPS) is 12.6. The van der Waals surface area contributed by atoms with Gasteiger partial charge in [0, 0.05) is 0 Å². The van der Waals surface area contributed by atoms with Crippen molar-refractivity contribution in [1.82, 2.24) is 0 Å². The lowest BCUT2D eigenvalue weighted by Gasteiger charge is -2.05. The van der Waals surface area contributed by atoms with Gasteiger partial charge in [-0.05, 0) is 0 Å². The van der Waals surface area contributed by atoms with Gasteiger partial charge < -0.3 is 4.52 Å². The summed E-state index contributed by atoms with van der Waals surface area (Å²) < 4.78 is 36.4. The highest BCUT2D eigenvalue weighted by atomic mass is 31.2. The summed E-state index contributed by atoms with van der Waals surface area (Å²) in [6.45, 7) is -0.982. The number of hydrogen-bond acceptors (Lipinski definition) is 2. The zero-order valence-electron chi connectivity index (χ0n) is 4.46. The Bertz CT molecular complexity index is 124. The monoisotopic (exact) mass is 160 g/mol. The predicted octanol–water partition coefficient (Wildman–Crippen LogP) is 0.294. The van der Waals surface area contributed by atoms with E-state index in [4.69, 9.17) is 0 Å². The fourth-order valence-electron chi connectivity index (χ4n) is 0.173. The lowest BCUT2D eigenvalue weighted by molar-refractivity contribution is 0.0830. The maximum Gasteiger partial charge on any atom is 0.335 e. The Balaban J connectivity index is 3.40. The molecule has 0 saturated carbocycles. The summed E-state index contributed by atoms with van der Waals surface area (Å²) in [7, 11) is -3.70. The van der Waals surface area contributed by atoms with Gasteiger partial charge in [-0.25, -0.2) is 19.8 Å². The standard InChI is InChI=1S/C2H7F2N2O2P/c3-2(4)1-8-9(5,6)7/h2H,1H2,(H4,5,6,7). The van der Waals surface area contributed by atoms with Crippen molar-refractivity contribution in [2.45, 2.75) is 6.43 Å². The van der Waals surface area contributed by atoms with E-state index in [1.807, 2.05) is 0 Å². The van der Waals surface area contributed by atoms with Gasteiger partial charge >= 0.3 is 7.67 Å². The largest absolute Gasteiger partial charge is 0.335 e. The molecule has 0 bridgehead atoms. The molecule has 0 aliphatic rings. The molecule has 56 valence electrons. The van der Waals surface area contributed by atoms with Crippen molar-refractivity contribution in [2.24, 2.45) is 11.0 Å². The van der Waals surface area contributed by atoms with Crippen molar-refractivity contribution in [3.05, 3.63) is 0 Å². The highest BCUT2D eigenvalue weighted by Crippen LogP contribution is 2.26. The van der Waals surface area contributed by atoms with Gasteiger partial charge in [0.05, 0.1) is 0 Å². The summed E-state index contributed by atoms with van der Waals surface area (Å²) in [6.07, 6.45) is -2.69. The van der Waals surface area contributed by atoms with E-state index in [9.17, 15) is 13.3 Å². The van der Waals surface area contributed by atoms with Crippen LogP contribution < -0.4 is 11.0 Å². The zero-order valence-corrected chi connectivity index (χ0v) is 5.35. The third-order valence-corrected chi connectivity index (χ3v) is 0.955.